The Morgan fingerprint density at radius 3 is 2.26 bits per heavy atom. The third-order valence-corrected chi connectivity index (χ3v) is 4.57. The monoisotopic (exact) mass is 306 g/mol. The summed E-state index contributed by atoms with van der Waals surface area (Å²) in [6, 6.07) is 14.8. The lowest BCUT2D eigenvalue weighted by molar-refractivity contribution is 0.355. The van der Waals surface area contributed by atoms with E-state index in [4.69, 9.17) is 14.2 Å². The quantitative estimate of drug-likeness (QED) is 0.560. The first kappa shape index (κ1) is 13.9. The van der Waals surface area contributed by atoms with E-state index in [9.17, 15) is 0 Å². The molecule has 0 aliphatic heterocycles. The van der Waals surface area contributed by atoms with Crippen LogP contribution in [0.5, 0.6) is 17.2 Å². The Bertz CT molecular complexity index is 912. The molecule has 0 heterocycles. The summed E-state index contributed by atoms with van der Waals surface area (Å²) in [5.41, 5.74) is 5.14. The van der Waals surface area contributed by atoms with Crippen molar-refractivity contribution in [3.63, 3.8) is 0 Å². The van der Waals surface area contributed by atoms with Gasteiger partial charge < -0.3 is 14.2 Å². The lowest BCUT2D eigenvalue weighted by Gasteiger charge is -2.12. The highest BCUT2D eigenvalue weighted by molar-refractivity contribution is 6.02. The van der Waals surface area contributed by atoms with Crippen molar-refractivity contribution in [3.05, 3.63) is 53.6 Å². The van der Waals surface area contributed by atoms with Crippen LogP contribution in [0.4, 0.5) is 0 Å². The average molecular weight is 306 g/mol. The first-order chi connectivity index (χ1) is 11.2. The molecule has 0 fully saturated rings. The van der Waals surface area contributed by atoms with Crippen LogP contribution < -0.4 is 14.2 Å². The second-order valence-corrected chi connectivity index (χ2v) is 5.73. The smallest absolute Gasteiger partial charge is 0.161 e. The van der Waals surface area contributed by atoms with Crippen molar-refractivity contribution >= 4 is 10.8 Å². The lowest BCUT2D eigenvalue weighted by atomic mass is 9.97. The Labute approximate surface area is 135 Å². The van der Waals surface area contributed by atoms with E-state index in [0.29, 0.717) is 0 Å². The fraction of sp³-hybridized carbons (Fsp3) is 0.200. The van der Waals surface area contributed by atoms with Crippen molar-refractivity contribution in [1.82, 2.24) is 0 Å². The molecule has 1 aliphatic carbocycles. The Kier molecular flexibility index (Phi) is 3.15. The fourth-order valence-corrected chi connectivity index (χ4v) is 3.45. The summed E-state index contributed by atoms with van der Waals surface area (Å²) < 4.78 is 16.3. The normalized spacial score (nSPS) is 12.0. The molecule has 0 aromatic heterocycles. The summed E-state index contributed by atoms with van der Waals surface area (Å²) >= 11 is 0. The number of hydrogen-bond acceptors (Lipinski definition) is 3. The van der Waals surface area contributed by atoms with Crippen LogP contribution in [0, 0.1) is 0 Å². The highest BCUT2D eigenvalue weighted by Crippen LogP contribution is 2.46. The number of benzene rings is 3. The third kappa shape index (κ3) is 2.04. The van der Waals surface area contributed by atoms with Crippen molar-refractivity contribution in [2.24, 2.45) is 0 Å². The van der Waals surface area contributed by atoms with Crippen LogP contribution in [0.1, 0.15) is 11.1 Å². The second kappa shape index (κ2) is 5.20. The van der Waals surface area contributed by atoms with E-state index in [1.54, 1.807) is 21.3 Å². The van der Waals surface area contributed by atoms with Gasteiger partial charge in [-0.2, -0.15) is 0 Å². The highest BCUT2D eigenvalue weighted by atomic mass is 16.5. The molecular formula is C20H18O3. The van der Waals surface area contributed by atoms with Crippen LogP contribution in [0.2, 0.25) is 0 Å². The van der Waals surface area contributed by atoms with E-state index < -0.39 is 0 Å². The summed E-state index contributed by atoms with van der Waals surface area (Å²) in [5.74, 6) is 2.43. The van der Waals surface area contributed by atoms with Gasteiger partial charge in [-0.05, 0) is 63.7 Å². The van der Waals surface area contributed by atoms with Crippen molar-refractivity contribution in [2.45, 2.75) is 6.42 Å². The summed E-state index contributed by atoms with van der Waals surface area (Å²) in [6.07, 6.45) is 0.924. The van der Waals surface area contributed by atoms with Crippen molar-refractivity contribution in [2.75, 3.05) is 21.3 Å². The van der Waals surface area contributed by atoms with Gasteiger partial charge in [-0.25, -0.2) is 0 Å². The van der Waals surface area contributed by atoms with E-state index in [1.165, 1.54) is 33.0 Å². The molecule has 4 rings (SSSR count). The molecule has 0 saturated heterocycles. The highest BCUT2D eigenvalue weighted by Gasteiger charge is 2.23. The average Bonchev–Trinajstić information content (AvgIpc) is 2.97. The molecule has 1 aliphatic rings. The molecule has 0 atom stereocenters. The Morgan fingerprint density at radius 1 is 0.739 bits per heavy atom. The van der Waals surface area contributed by atoms with E-state index in [2.05, 4.69) is 36.4 Å². The molecule has 0 bridgehead atoms. The molecule has 0 unspecified atom stereocenters. The molecule has 116 valence electrons. The second-order valence-electron chi connectivity index (χ2n) is 5.73. The lowest BCUT2D eigenvalue weighted by Crippen LogP contribution is -1.92. The van der Waals surface area contributed by atoms with Crippen LogP contribution in [-0.2, 0) is 6.42 Å². The van der Waals surface area contributed by atoms with Crippen LogP contribution in [0.15, 0.2) is 42.5 Å². The first-order valence-electron chi connectivity index (χ1n) is 7.60. The van der Waals surface area contributed by atoms with Crippen LogP contribution in [-0.4, -0.2) is 21.3 Å². The molecule has 23 heavy (non-hydrogen) atoms. The Balaban J connectivity index is 1.99. The minimum absolute atomic E-state index is 0.768. The number of ether oxygens (including phenoxy) is 3. The van der Waals surface area contributed by atoms with Gasteiger partial charge in [0.25, 0.3) is 0 Å². The number of rotatable bonds is 3. The topological polar surface area (TPSA) is 27.7 Å². The minimum atomic E-state index is 0.768. The molecule has 3 nitrogen and oxygen atoms in total. The van der Waals surface area contributed by atoms with Gasteiger partial charge in [0.1, 0.15) is 5.75 Å². The molecular weight excluding hydrogens is 288 g/mol. The zero-order valence-corrected chi connectivity index (χ0v) is 13.5. The van der Waals surface area contributed by atoms with Gasteiger partial charge in [-0.3, -0.25) is 0 Å². The first-order valence-corrected chi connectivity index (χ1v) is 7.60. The molecule has 3 heteroatoms. The number of methoxy groups -OCH3 is 3. The van der Waals surface area contributed by atoms with E-state index in [-0.39, 0.29) is 0 Å². The van der Waals surface area contributed by atoms with E-state index in [1.807, 2.05) is 6.07 Å². The minimum Gasteiger partial charge on any atom is -0.497 e. The van der Waals surface area contributed by atoms with Crippen molar-refractivity contribution < 1.29 is 14.2 Å². The SMILES string of the molecule is COc1ccc2c3c(ccc2c1)Cc1cc(OC)c(OC)cc1-3. The Hall–Kier alpha value is -2.68. The van der Waals surface area contributed by atoms with Gasteiger partial charge in [-0.15, -0.1) is 0 Å². The van der Waals surface area contributed by atoms with Crippen molar-refractivity contribution in [3.8, 4) is 28.4 Å². The molecule has 0 amide bonds. The maximum absolute atomic E-state index is 5.48. The predicted octanol–water partition coefficient (Wildman–Crippen LogP) is 4.44. The van der Waals surface area contributed by atoms with Gasteiger partial charge in [0.15, 0.2) is 11.5 Å². The van der Waals surface area contributed by atoms with Gasteiger partial charge in [-0.1, -0.05) is 18.2 Å². The summed E-state index contributed by atoms with van der Waals surface area (Å²) in [5, 5.41) is 2.43. The maximum Gasteiger partial charge on any atom is 0.161 e. The van der Waals surface area contributed by atoms with Gasteiger partial charge >= 0.3 is 0 Å². The van der Waals surface area contributed by atoms with Gasteiger partial charge in [0, 0.05) is 0 Å². The van der Waals surface area contributed by atoms with Crippen LogP contribution in [0.25, 0.3) is 21.9 Å². The molecule has 0 saturated carbocycles. The molecule has 0 N–H and O–H groups in total. The molecule has 0 radical (unpaired) electrons. The standard InChI is InChI=1S/C20H18O3/c1-21-15-6-7-16-12(9-15)4-5-13-8-14-10-18(22-2)19(23-3)11-17(14)20(13)16/h4-7,9-11H,8H2,1-3H3. The summed E-state index contributed by atoms with van der Waals surface area (Å²) in [6.45, 7) is 0. The summed E-state index contributed by atoms with van der Waals surface area (Å²) in [4.78, 5) is 0. The zero-order chi connectivity index (χ0) is 16.0. The van der Waals surface area contributed by atoms with Gasteiger partial charge in [0.2, 0.25) is 0 Å². The van der Waals surface area contributed by atoms with Gasteiger partial charge in [0.05, 0.1) is 21.3 Å². The maximum atomic E-state index is 5.48. The van der Waals surface area contributed by atoms with Crippen LogP contribution in [0.3, 0.4) is 0 Å². The Morgan fingerprint density at radius 2 is 1.52 bits per heavy atom. The zero-order valence-electron chi connectivity index (χ0n) is 13.5. The molecule has 0 spiro atoms. The summed E-state index contributed by atoms with van der Waals surface area (Å²) in [7, 11) is 5.04. The van der Waals surface area contributed by atoms with E-state index in [0.717, 1.165) is 23.7 Å². The van der Waals surface area contributed by atoms with E-state index >= 15 is 0 Å². The largest absolute Gasteiger partial charge is 0.497 e. The third-order valence-electron chi connectivity index (χ3n) is 4.57. The number of fused-ring (bicyclic) bond motifs is 5. The predicted molar refractivity (Wildman–Crippen MR) is 91.8 cm³/mol. The molecule has 3 aromatic carbocycles. The fourth-order valence-electron chi connectivity index (χ4n) is 3.45. The molecule has 3 aromatic rings. The number of hydrogen-bond donors (Lipinski definition) is 0. The van der Waals surface area contributed by atoms with Crippen LogP contribution >= 0.6 is 0 Å². The van der Waals surface area contributed by atoms with Crippen molar-refractivity contribution in [1.29, 1.82) is 0 Å².